The number of hydrogen-bond donors (Lipinski definition) is 2. The molecule has 0 saturated heterocycles. The number of benzene rings is 1. The van der Waals surface area contributed by atoms with Gasteiger partial charge in [-0.15, -0.1) is 0 Å². The summed E-state index contributed by atoms with van der Waals surface area (Å²) in [4.78, 5) is 20.8. The van der Waals surface area contributed by atoms with Gasteiger partial charge in [-0.2, -0.15) is 0 Å². The molecule has 2 N–H and O–H groups in total. The molecule has 2 rings (SSSR count). The predicted octanol–water partition coefficient (Wildman–Crippen LogP) is 3.37. The Hall–Kier alpha value is -1.99. The summed E-state index contributed by atoms with van der Waals surface area (Å²) in [5, 5.41) is 5.97. The molecule has 0 unspecified atom stereocenters. The van der Waals surface area contributed by atoms with Crippen LogP contribution in [-0.2, 0) is 4.74 Å². The monoisotopic (exact) mass is 392 g/mol. The molecule has 0 spiro atoms. The summed E-state index contributed by atoms with van der Waals surface area (Å²) in [6.45, 7) is 5.00. The van der Waals surface area contributed by atoms with Crippen molar-refractivity contribution in [1.29, 1.82) is 0 Å². The topological polar surface area (TPSA) is 76.1 Å². The first-order valence-electron chi connectivity index (χ1n) is 7.65. The summed E-state index contributed by atoms with van der Waals surface area (Å²) in [7, 11) is 1.64. The summed E-state index contributed by atoms with van der Waals surface area (Å²) in [6, 6.07) is 7.60. The summed E-state index contributed by atoms with van der Waals surface area (Å²) in [5.41, 5.74) is 3.05. The van der Waals surface area contributed by atoms with Gasteiger partial charge in [0.2, 0.25) is 5.95 Å². The van der Waals surface area contributed by atoms with Crippen molar-refractivity contribution < 1.29 is 9.53 Å². The summed E-state index contributed by atoms with van der Waals surface area (Å²) >= 11 is 3.51. The van der Waals surface area contributed by atoms with Crippen molar-refractivity contribution in [3.63, 3.8) is 0 Å². The molecule has 1 aromatic carbocycles. The number of rotatable bonds is 7. The normalized spacial score (nSPS) is 10.5. The van der Waals surface area contributed by atoms with Crippen LogP contribution in [0.2, 0.25) is 0 Å². The van der Waals surface area contributed by atoms with Gasteiger partial charge in [0.05, 0.1) is 5.69 Å². The third-order valence-corrected chi connectivity index (χ3v) is 3.92. The van der Waals surface area contributed by atoms with Crippen LogP contribution in [0.5, 0.6) is 0 Å². The average Bonchev–Trinajstić information content (AvgIpc) is 2.53. The zero-order chi connectivity index (χ0) is 17.5. The van der Waals surface area contributed by atoms with Crippen LogP contribution in [-0.4, -0.2) is 36.1 Å². The number of anilines is 2. The Labute approximate surface area is 150 Å². The molecule has 0 saturated carbocycles. The van der Waals surface area contributed by atoms with E-state index in [1.54, 1.807) is 13.2 Å². The van der Waals surface area contributed by atoms with Crippen LogP contribution < -0.4 is 10.6 Å². The Kier molecular flexibility index (Phi) is 6.69. The molecule has 0 aliphatic carbocycles. The molecule has 0 fully saturated rings. The summed E-state index contributed by atoms with van der Waals surface area (Å²) in [6.07, 6.45) is 0.758. The summed E-state index contributed by atoms with van der Waals surface area (Å²) in [5.74, 6) is 0.171. The van der Waals surface area contributed by atoms with Gasteiger partial charge in [0.1, 0.15) is 5.69 Å². The van der Waals surface area contributed by atoms with Gasteiger partial charge in [0.25, 0.3) is 5.91 Å². The van der Waals surface area contributed by atoms with Gasteiger partial charge in [-0.3, -0.25) is 4.79 Å². The number of nitrogens with one attached hydrogen (secondary N) is 2. The first kappa shape index (κ1) is 18.4. The highest BCUT2D eigenvalue weighted by Crippen LogP contribution is 2.25. The SMILES string of the molecule is COCCCNC(=O)c1cc(C)nc(Nc2ccc(C)cc2Br)n1. The zero-order valence-corrected chi connectivity index (χ0v) is 15.6. The lowest BCUT2D eigenvalue weighted by molar-refractivity contribution is 0.0943. The first-order chi connectivity index (χ1) is 11.5. The Bertz CT molecular complexity index is 722. The van der Waals surface area contributed by atoms with Crippen molar-refractivity contribution in [2.75, 3.05) is 25.6 Å². The highest BCUT2D eigenvalue weighted by Gasteiger charge is 2.11. The molecule has 0 aliphatic heterocycles. The van der Waals surface area contributed by atoms with Gasteiger partial charge in [0.15, 0.2) is 0 Å². The maximum Gasteiger partial charge on any atom is 0.270 e. The second-order valence-electron chi connectivity index (χ2n) is 5.43. The van der Waals surface area contributed by atoms with E-state index in [2.05, 4.69) is 36.5 Å². The van der Waals surface area contributed by atoms with Crippen LogP contribution in [0, 0.1) is 13.8 Å². The molecule has 1 amide bonds. The molecule has 0 atom stereocenters. The molecule has 2 aromatic rings. The van der Waals surface area contributed by atoms with Crippen LogP contribution in [0.25, 0.3) is 0 Å². The van der Waals surface area contributed by atoms with Gasteiger partial charge in [-0.05, 0) is 60.0 Å². The number of aryl methyl sites for hydroxylation is 2. The number of hydrogen-bond acceptors (Lipinski definition) is 5. The number of carbonyl (C=O) groups excluding carboxylic acids is 1. The Morgan fingerprint density at radius 2 is 2.04 bits per heavy atom. The molecule has 7 heteroatoms. The molecule has 24 heavy (non-hydrogen) atoms. The number of aromatic nitrogens is 2. The Morgan fingerprint density at radius 1 is 1.25 bits per heavy atom. The second kappa shape index (κ2) is 8.75. The maximum atomic E-state index is 12.2. The van der Waals surface area contributed by atoms with E-state index < -0.39 is 0 Å². The minimum absolute atomic E-state index is 0.220. The molecule has 6 nitrogen and oxygen atoms in total. The lowest BCUT2D eigenvalue weighted by Crippen LogP contribution is -2.26. The standard InChI is InChI=1S/C17H21BrN4O2/c1-11-5-6-14(13(18)9-11)21-17-20-12(2)10-15(22-17)16(23)19-7-4-8-24-3/h5-6,9-10H,4,7-8H2,1-3H3,(H,19,23)(H,20,21,22). The van der Waals surface area contributed by atoms with Crippen LogP contribution >= 0.6 is 15.9 Å². The molecule has 128 valence electrons. The van der Waals surface area contributed by atoms with E-state index in [9.17, 15) is 4.79 Å². The van der Waals surface area contributed by atoms with Crippen LogP contribution in [0.3, 0.4) is 0 Å². The van der Waals surface area contributed by atoms with Crippen LogP contribution in [0.1, 0.15) is 28.2 Å². The average molecular weight is 393 g/mol. The molecule has 0 aliphatic rings. The van der Waals surface area contributed by atoms with Crippen molar-refractivity contribution in [1.82, 2.24) is 15.3 Å². The second-order valence-corrected chi connectivity index (χ2v) is 6.28. The Morgan fingerprint density at radius 3 is 2.75 bits per heavy atom. The van der Waals surface area contributed by atoms with Gasteiger partial charge < -0.3 is 15.4 Å². The van der Waals surface area contributed by atoms with E-state index in [1.165, 1.54) is 0 Å². The van der Waals surface area contributed by atoms with E-state index in [0.29, 0.717) is 24.8 Å². The molecule has 0 radical (unpaired) electrons. The number of nitrogens with zero attached hydrogens (tertiary/aromatic N) is 2. The van der Waals surface area contributed by atoms with Crippen LogP contribution in [0.15, 0.2) is 28.7 Å². The van der Waals surface area contributed by atoms with E-state index in [0.717, 1.165) is 27.8 Å². The fourth-order valence-corrected chi connectivity index (χ4v) is 2.68. The largest absolute Gasteiger partial charge is 0.385 e. The lowest BCUT2D eigenvalue weighted by Gasteiger charge is -2.10. The molecule has 0 bridgehead atoms. The number of ether oxygens (including phenoxy) is 1. The summed E-state index contributed by atoms with van der Waals surface area (Å²) < 4.78 is 5.88. The smallest absolute Gasteiger partial charge is 0.270 e. The fraction of sp³-hybridized carbons (Fsp3) is 0.353. The van der Waals surface area contributed by atoms with Crippen molar-refractivity contribution in [3.8, 4) is 0 Å². The minimum atomic E-state index is -0.220. The minimum Gasteiger partial charge on any atom is -0.385 e. The predicted molar refractivity (Wildman–Crippen MR) is 97.8 cm³/mol. The van der Waals surface area contributed by atoms with Crippen molar-refractivity contribution in [3.05, 3.63) is 45.7 Å². The van der Waals surface area contributed by atoms with Gasteiger partial charge >= 0.3 is 0 Å². The van der Waals surface area contributed by atoms with Gasteiger partial charge in [0, 0.05) is 30.4 Å². The van der Waals surface area contributed by atoms with E-state index in [-0.39, 0.29) is 5.91 Å². The maximum absolute atomic E-state index is 12.2. The molecule has 1 heterocycles. The highest BCUT2D eigenvalue weighted by molar-refractivity contribution is 9.10. The third-order valence-electron chi connectivity index (χ3n) is 3.27. The number of amides is 1. The quantitative estimate of drug-likeness (QED) is 0.706. The highest BCUT2D eigenvalue weighted by atomic mass is 79.9. The Balaban J connectivity index is 2.11. The molecular formula is C17H21BrN4O2. The number of carbonyl (C=O) groups is 1. The first-order valence-corrected chi connectivity index (χ1v) is 8.45. The zero-order valence-electron chi connectivity index (χ0n) is 14.0. The van der Waals surface area contributed by atoms with Crippen LogP contribution in [0.4, 0.5) is 11.6 Å². The van der Waals surface area contributed by atoms with Gasteiger partial charge in [-0.1, -0.05) is 6.07 Å². The third kappa shape index (κ3) is 5.28. The van der Waals surface area contributed by atoms with E-state index in [1.807, 2.05) is 32.0 Å². The van der Waals surface area contributed by atoms with E-state index >= 15 is 0 Å². The van der Waals surface area contributed by atoms with Crippen molar-refractivity contribution in [2.24, 2.45) is 0 Å². The lowest BCUT2D eigenvalue weighted by atomic mass is 10.2. The fourth-order valence-electron chi connectivity index (χ4n) is 2.09. The number of methoxy groups -OCH3 is 1. The molecule has 1 aromatic heterocycles. The molecular weight excluding hydrogens is 372 g/mol. The van der Waals surface area contributed by atoms with E-state index in [4.69, 9.17) is 4.74 Å². The van der Waals surface area contributed by atoms with Gasteiger partial charge in [-0.25, -0.2) is 9.97 Å². The number of halogens is 1. The van der Waals surface area contributed by atoms with Crippen molar-refractivity contribution in [2.45, 2.75) is 20.3 Å². The van der Waals surface area contributed by atoms with Crippen molar-refractivity contribution >= 4 is 33.5 Å².